The predicted octanol–water partition coefficient (Wildman–Crippen LogP) is 4.45. The number of pyridine rings is 1. The van der Waals surface area contributed by atoms with E-state index in [1.54, 1.807) is 24.5 Å². The van der Waals surface area contributed by atoms with Gasteiger partial charge >= 0.3 is 0 Å². The minimum atomic E-state index is -0.528. The van der Waals surface area contributed by atoms with Crippen molar-refractivity contribution < 1.29 is 13.9 Å². The topological polar surface area (TPSA) is 76.1 Å². The lowest BCUT2D eigenvalue weighted by molar-refractivity contribution is -0.109. The van der Waals surface area contributed by atoms with Gasteiger partial charge in [0.1, 0.15) is 5.52 Å². The van der Waals surface area contributed by atoms with Crippen LogP contribution in [0.4, 0.5) is 4.39 Å². The Bertz CT molecular complexity index is 935. The SMILES string of the molecule is CC[C@@H](N[C@@H](C)CNC=O)c1ccc(Cl)c(Oc2nc3cnccc3s2)c1F. The van der Waals surface area contributed by atoms with E-state index in [9.17, 15) is 4.79 Å². The molecule has 0 fully saturated rings. The summed E-state index contributed by atoms with van der Waals surface area (Å²) in [6, 6.07) is 4.78. The highest BCUT2D eigenvalue weighted by Crippen LogP contribution is 2.38. The van der Waals surface area contributed by atoms with Crippen LogP contribution >= 0.6 is 22.9 Å². The van der Waals surface area contributed by atoms with Gasteiger partial charge in [-0.1, -0.05) is 35.9 Å². The number of rotatable bonds is 9. The van der Waals surface area contributed by atoms with Gasteiger partial charge in [0.25, 0.3) is 5.19 Å². The third kappa shape index (κ3) is 4.57. The Hall–Kier alpha value is -2.29. The summed E-state index contributed by atoms with van der Waals surface area (Å²) in [5.41, 5.74) is 1.13. The second-order valence-corrected chi connectivity index (χ2v) is 7.66. The number of benzene rings is 1. The molecule has 3 aromatic rings. The van der Waals surface area contributed by atoms with Crippen molar-refractivity contribution in [3.05, 3.63) is 47.0 Å². The molecule has 0 saturated carbocycles. The van der Waals surface area contributed by atoms with E-state index < -0.39 is 5.82 Å². The number of halogens is 2. The molecule has 0 aliphatic carbocycles. The van der Waals surface area contributed by atoms with Crippen LogP contribution in [0.2, 0.25) is 5.02 Å². The van der Waals surface area contributed by atoms with E-state index in [1.807, 2.05) is 19.9 Å². The molecule has 2 heterocycles. The van der Waals surface area contributed by atoms with Crippen LogP contribution in [0, 0.1) is 5.82 Å². The van der Waals surface area contributed by atoms with Crippen LogP contribution in [-0.2, 0) is 4.79 Å². The predicted molar refractivity (Wildman–Crippen MR) is 109 cm³/mol. The first-order valence-electron chi connectivity index (χ1n) is 8.82. The Morgan fingerprint density at radius 2 is 2.21 bits per heavy atom. The number of hydrogen-bond donors (Lipinski definition) is 2. The van der Waals surface area contributed by atoms with Crippen molar-refractivity contribution in [1.82, 2.24) is 20.6 Å². The first-order valence-corrected chi connectivity index (χ1v) is 10.0. The molecule has 1 aromatic carbocycles. The normalized spacial score (nSPS) is 13.3. The first-order chi connectivity index (χ1) is 13.5. The molecule has 0 spiro atoms. The molecule has 2 N–H and O–H groups in total. The summed E-state index contributed by atoms with van der Waals surface area (Å²) < 4.78 is 21.9. The van der Waals surface area contributed by atoms with Crippen LogP contribution in [0.1, 0.15) is 31.9 Å². The van der Waals surface area contributed by atoms with E-state index >= 15 is 4.39 Å². The van der Waals surface area contributed by atoms with E-state index in [0.29, 0.717) is 35.6 Å². The molecule has 6 nitrogen and oxygen atoms in total. The Balaban J connectivity index is 1.86. The maximum Gasteiger partial charge on any atom is 0.280 e. The zero-order valence-corrected chi connectivity index (χ0v) is 17.0. The third-order valence-corrected chi connectivity index (χ3v) is 5.43. The lowest BCUT2D eigenvalue weighted by Gasteiger charge is -2.23. The number of fused-ring (bicyclic) bond motifs is 1. The Labute approximate surface area is 171 Å². The van der Waals surface area contributed by atoms with E-state index in [-0.39, 0.29) is 22.9 Å². The summed E-state index contributed by atoms with van der Waals surface area (Å²) >= 11 is 7.50. The highest BCUT2D eigenvalue weighted by molar-refractivity contribution is 7.20. The summed E-state index contributed by atoms with van der Waals surface area (Å²) in [5, 5.41) is 6.39. The fraction of sp³-hybridized carbons (Fsp3) is 0.316. The number of carbonyl (C=O) groups is 1. The molecule has 28 heavy (non-hydrogen) atoms. The van der Waals surface area contributed by atoms with Crippen molar-refractivity contribution in [2.75, 3.05) is 6.54 Å². The first kappa shape index (κ1) is 20.4. The van der Waals surface area contributed by atoms with Crippen molar-refractivity contribution in [2.45, 2.75) is 32.4 Å². The average molecular weight is 423 g/mol. The van der Waals surface area contributed by atoms with Gasteiger partial charge in [-0.2, -0.15) is 0 Å². The van der Waals surface area contributed by atoms with Crippen LogP contribution in [0.5, 0.6) is 10.9 Å². The number of hydrogen-bond acceptors (Lipinski definition) is 6. The van der Waals surface area contributed by atoms with Gasteiger partial charge in [-0.05, 0) is 25.5 Å². The van der Waals surface area contributed by atoms with Crippen molar-refractivity contribution >= 4 is 39.6 Å². The molecule has 0 bridgehead atoms. The van der Waals surface area contributed by atoms with Crippen molar-refractivity contribution in [1.29, 1.82) is 0 Å². The van der Waals surface area contributed by atoms with Crippen LogP contribution in [0.15, 0.2) is 30.6 Å². The minimum absolute atomic E-state index is 0.0358. The Morgan fingerprint density at radius 1 is 1.39 bits per heavy atom. The fourth-order valence-corrected chi connectivity index (χ4v) is 3.83. The van der Waals surface area contributed by atoms with Gasteiger partial charge in [-0.15, -0.1) is 0 Å². The second-order valence-electron chi connectivity index (χ2n) is 6.26. The number of thiazole rings is 1. The van der Waals surface area contributed by atoms with Crippen LogP contribution < -0.4 is 15.4 Å². The molecular formula is C19H20ClFN4O2S. The van der Waals surface area contributed by atoms with Gasteiger partial charge in [0.2, 0.25) is 6.41 Å². The minimum Gasteiger partial charge on any atom is -0.426 e. The standard InChI is InChI=1S/C19H20ClFN4O2S/c1-3-14(24-11(2)8-23-10-26)12-4-5-13(20)18(17(12)21)27-19-25-15-9-22-7-6-16(15)28-19/h4-7,9-11,14,24H,3,8H2,1-2H3,(H,23,26)/t11-,14+/m0/s1. The van der Waals surface area contributed by atoms with E-state index in [0.717, 1.165) is 4.70 Å². The number of nitrogens with one attached hydrogen (secondary N) is 2. The lowest BCUT2D eigenvalue weighted by Crippen LogP contribution is -2.38. The molecule has 0 radical (unpaired) electrons. The molecule has 2 aromatic heterocycles. The van der Waals surface area contributed by atoms with Gasteiger partial charge in [-0.25, -0.2) is 9.37 Å². The van der Waals surface area contributed by atoms with Gasteiger partial charge in [0.15, 0.2) is 11.6 Å². The molecule has 1 amide bonds. The van der Waals surface area contributed by atoms with Crippen molar-refractivity contribution in [3.8, 4) is 10.9 Å². The summed E-state index contributed by atoms with van der Waals surface area (Å²) in [6.45, 7) is 4.31. The van der Waals surface area contributed by atoms with Gasteiger partial charge in [0.05, 0.1) is 15.9 Å². The van der Waals surface area contributed by atoms with Crippen molar-refractivity contribution in [3.63, 3.8) is 0 Å². The molecule has 0 unspecified atom stereocenters. The monoisotopic (exact) mass is 422 g/mol. The summed E-state index contributed by atoms with van der Waals surface area (Å²) in [5.74, 6) is -0.579. The number of ether oxygens (including phenoxy) is 1. The van der Waals surface area contributed by atoms with Crippen molar-refractivity contribution in [2.24, 2.45) is 0 Å². The number of carbonyl (C=O) groups excluding carboxylic acids is 1. The molecule has 9 heteroatoms. The Morgan fingerprint density at radius 3 is 2.93 bits per heavy atom. The number of aromatic nitrogens is 2. The van der Waals surface area contributed by atoms with Crippen LogP contribution in [0.3, 0.4) is 0 Å². The average Bonchev–Trinajstić information content (AvgIpc) is 3.10. The van der Waals surface area contributed by atoms with E-state index in [1.165, 1.54) is 11.3 Å². The van der Waals surface area contributed by atoms with Crippen LogP contribution in [0.25, 0.3) is 10.2 Å². The summed E-state index contributed by atoms with van der Waals surface area (Å²) in [4.78, 5) is 18.8. The fourth-order valence-electron chi connectivity index (χ4n) is 2.86. The molecule has 2 atom stereocenters. The largest absolute Gasteiger partial charge is 0.426 e. The van der Waals surface area contributed by atoms with Gasteiger partial charge in [0, 0.05) is 30.4 Å². The number of amides is 1. The highest BCUT2D eigenvalue weighted by atomic mass is 35.5. The third-order valence-electron chi connectivity index (χ3n) is 4.22. The lowest BCUT2D eigenvalue weighted by atomic mass is 10.0. The zero-order valence-electron chi connectivity index (χ0n) is 15.4. The number of nitrogens with zero attached hydrogens (tertiary/aromatic N) is 2. The maximum absolute atomic E-state index is 15.3. The Kier molecular flexibility index (Phi) is 6.77. The maximum atomic E-state index is 15.3. The summed E-state index contributed by atoms with van der Waals surface area (Å²) in [6.07, 6.45) is 4.58. The van der Waals surface area contributed by atoms with Crippen LogP contribution in [-0.4, -0.2) is 29.0 Å². The smallest absolute Gasteiger partial charge is 0.280 e. The van der Waals surface area contributed by atoms with E-state index in [2.05, 4.69) is 20.6 Å². The van der Waals surface area contributed by atoms with Gasteiger partial charge in [-0.3, -0.25) is 9.78 Å². The highest BCUT2D eigenvalue weighted by Gasteiger charge is 2.22. The molecule has 3 rings (SSSR count). The molecule has 0 saturated heterocycles. The van der Waals surface area contributed by atoms with Gasteiger partial charge < -0.3 is 15.4 Å². The molecule has 148 valence electrons. The summed E-state index contributed by atoms with van der Waals surface area (Å²) in [7, 11) is 0. The quantitative estimate of drug-likeness (QED) is 0.498. The molecule has 0 aliphatic heterocycles. The zero-order chi connectivity index (χ0) is 20.1. The molecule has 0 aliphatic rings. The van der Waals surface area contributed by atoms with E-state index in [4.69, 9.17) is 16.3 Å². The molecular weight excluding hydrogens is 403 g/mol. The second kappa shape index (κ2) is 9.27.